The number of fused-ring (bicyclic) bond motifs is 1. The van der Waals surface area contributed by atoms with Gasteiger partial charge in [0.05, 0.1) is 37.6 Å². The Morgan fingerprint density at radius 2 is 1.79 bits per heavy atom. The molecule has 3 N–H and O–H groups in total. The van der Waals surface area contributed by atoms with Crippen LogP contribution < -0.4 is 19.7 Å². The van der Waals surface area contributed by atoms with Crippen LogP contribution in [0.15, 0.2) is 67.0 Å². The molecular weight excluding hydrogens is 576 g/mol. The van der Waals surface area contributed by atoms with Crippen LogP contribution in [0.4, 0.5) is 16.3 Å². The Morgan fingerprint density at radius 1 is 1.05 bits per heavy atom. The summed E-state index contributed by atoms with van der Waals surface area (Å²) >= 11 is 6.23. The van der Waals surface area contributed by atoms with Gasteiger partial charge in [0.2, 0.25) is 0 Å². The van der Waals surface area contributed by atoms with Crippen LogP contribution in [-0.4, -0.2) is 67.2 Å². The summed E-state index contributed by atoms with van der Waals surface area (Å²) in [4.78, 5) is 32.4. The molecule has 12 heteroatoms. The number of carbonyl (C=O) groups is 2. The number of aromatic nitrogens is 2. The summed E-state index contributed by atoms with van der Waals surface area (Å²) in [6.45, 7) is 0.327. The number of hydrogen-bond acceptors (Lipinski definition) is 9. The van der Waals surface area contributed by atoms with Crippen molar-refractivity contribution in [2.75, 3.05) is 45.2 Å². The molecule has 0 unspecified atom stereocenters. The van der Waals surface area contributed by atoms with E-state index in [0.717, 1.165) is 17.2 Å². The minimum atomic E-state index is -0.922. The first-order valence-electron chi connectivity index (χ1n) is 13.0. The maximum atomic E-state index is 12.2. The lowest BCUT2D eigenvalue weighted by molar-refractivity contribution is -0.131. The minimum absolute atomic E-state index is 0.117. The van der Waals surface area contributed by atoms with E-state index < -0.39 is 12.1 Å². The van der Waals surface area contributed by atoms with E-state index in [2.05, 4.69) is 15.3 Å². The van der Waals surface area contributed by atoms with E-state index in [1.165, 1.54) is 25.4 Å². The molecule has 0 atom stereocenters. The van der Waals surface area contributed by atoms with E-state index in [0.29, 0.717) is 51.0 Å². The molecule has 0 radical (unpaired) electrons. The van der Waals surface area contributed by atoms with Gasteiger partial charge < -0.3 is 29.7 Å². The Kier molecular flexibility index (Phi) is 12.1. The van der Waals surface area contributed by atoms with Gasteiger partial charge in [0.1, 0.15) is 23.6 Å². The van der Waals surface area contributed by atoms with Gasteiger partial charge in [-0.25, -0.2) is 19.6 Å². The number of carboxylic acids is 1. The summed E-state index contributed by atoms with van der Waals surface area (Å²) in [7, 11) is 5.95. The predicted octanol–water partition coefficient (Wildman–Crippen LogP) is 5.43. The van der Waals surface area contributed by atoms with Crippen LogP contribution in [0.2, 0.25) is 5.02 Å². The maximum absolute atomic E-state index is 12.2. The number of carboxylic acid groups (broad SMARTS) is 1. The van der Waals surface area contributed by atoms with Crippen molar-refractivity contribution < 1.29 is 34.0 Å². The van der Waals surface area contributed by atoms with Crippen LogP contribution in [0, 0.1) is 0 Å². The van der Waals surface area contributed by atoms with Crippen molar-refractivity contribution in [3.05, 3.63) is 88.7 Å². The average molecular weight is 609 g/mol. The molecule has 0 saturated carbocycles. The number of aliphatic carboxylic acids is 1. The molecule has 3 aromatic carbocycles. The molecule has 0 aliphatic carbocycles. The average Bonchev–Trinajstić information content (AvgIpc) is 3.02. The first kappa shape index (κ1) is 32.6. The smallest absolute Gasteiger partial charge is 0.413 e. The van der Waals surface area contributed by atoms with Crippen molar-refractivity contribution in [1.29, 1.82) is 0 Å². The number of rotatable bonds is 10. The van der Waals surface area contributed by atoms with Crippen molar-refractivity contribution in [3.63, 3.8) is 0 Å². The molecule has 0 bridgehead atoms. The van der Waals surface area contributed by atoms with E-state index in [-0.39, 0.29) is 13.0 Å². The summed E-state index contributed by atoms with van der Waals surface area (Å²) in [5.74, 6) is 0.669. The number of aliphatic hydroxyl groups excluding tert-OH is 1. The Balaban J connectivity index is 0.000000386. The highest BCUT2D eigenvalue weighted by Crippen LogP contribution is 2.39. The van der Waals surface area contributed by atoms with Gasteiger partial charge in [-0.1, -0.05) is 48.0 Å². The zero-order chi connectivity index (χ0) is 31.4. The monoisotopic (exact) mass is 608 g/mol. The van der Waals surface area contributed by atoms with Gasteiger partial charge in [0, 0.05) is 43.6 Å². The fourth-order valence-electron chi connectivity index (χ4n) is 4.17. The summed E-state index contributed by atoms with van der Waals surface area (Å²) in [6.07, 6.45) is 3.84. The summed E-state index contributed by atoms with van der Waals surface area (Å²) < 4.78 is 15.6. The number of halogens is 1. The Morgan fingerprint density at radius 3 is 2.40 bits per heavy atom. The van der Waals surface area contributed by atoms with Gasteiger partial charge in [-0.05, 0) is 35.4 Å². The van der Waals surface area contributed by atoms with Crippen LogP contribution in [-0.2, 0) is 22.5 Å². The largest absolute Gasteiger partial charge is 0.495 e. The maximum Gasteiger partial charge on any atom is 0.413 e. The number of hydrogen-bond donors (Lipinski definition) is 3. The van der Waals surface area contributed by atoms with Crippen LogP contribution >= 0.6 is 11.6 Å². The Hall–Kier alpha value is -4.87. The van der Waals surface area contributed by atoms with Gasteiger partial charge in [0.15, 0.2) is 0 Å². The number of aliphatic hydroxyl groups is 1. The number of nitrogens with zero attached hydrogens (tertiary/aromatic N) is 3. The molecule has 1 aromatic heterocycles. The number of carbonyl (C=O) groups excluding carboxylic acids is 1. The summed E-state index contributed by atoms with van der Waals surface area (Å²) in [6, 6.07) is 16.6. The number of benzene rings is 3. The fourth-order valence-corrected chi connectivity index (χ4v) is 4.45. The second kappa shape index (κ2) is 15.9. The predicted molar refractivity (Wildman–Crippen MR) is 166 cm³/mol. The second-order valence-electron chi connectivity index (χ2n) is 8.93. The highest BCUT2D eigenvalue weighted by molar-refractivity contribution is 6.32. The number of ether oxygens (including phenoxy) is 3. The molecule has 43 heavy (non-hydrogen) atoms. The zero-order valence-electron chi connectivity index (χ0n) is 24.2. The zero-order valence-corrected chi connectivity index (χ0v) is 25.0. The highest BCUT2D eigenvalue weighted by atomic mass is 35.5. The molecule has 226 valence electrons. The first-order chi connectivity index (χ1) is 20.7. The van der Waals surface area contributed by atoms with Gasteiger partial charge in [-0.15, -0.1) is 0 Å². The quantitative estimate of drug-likeness (QED) is 0.199. The van der Waals surface area contributed by atoms with Crippen molar-refractivity contribution in [1.82, 2.24) is 9.97 Å². The highest BCUT2D eigenvalue weighted by Gasteiger charge is 2.23. The molecular formula is C31H33ClN4O7. The third-order valence-electron chi connectivity index (χ3n) is 6.23. The first-order valence-corrected chi connectivity index (χ1v) is 13.4. The Bertz CT molecular complexity index is 1580. The standard InChI is InChI=1S/C22H25ClN4O5.C9H8O2/c1-27(22(29)32-4)17-10-15-19(14(7-8-28)20(17)31-3)25-12-26-21(15)24-11-13-5-6-18(30-2)16(23)9-13;10-9(11)7-6-8-4-2-1-3-5-8/h5-6,9-10,12,28H,7-8,11H2,1-4H3,(H,24,25,26);1-7H,(H,10,11)/b;7-6+. The number of anilines is 2. The van der Waals surface area contributed by atoms with E-state index >= 15 is 0 Å². The lowest BCUT2D eigenvalue weighted by Crippen LogP contribution is -2.26. The van der Waals surface area contributed by atoms with Gasteiger partial charge in [-0.2, -0.15) is 0 Å². The molecule has 0 aliphatic heterocycles. The fraction of sp³-hybridized carbons (Fsp3) is 0.226. The lowest BCUT2D eigenvalue weighted by atomic mass is 10.0. The normalized spacial score (nSPS) is 10.6. The van der Waals surface area contributed by atoms with Crippen LogP contribution in [0.25, 0.3) is 17.0 Å². The molecule has 1 heterocycles. The molecule has 0 spiro atoms. The van der Waals surface area contributed by atoms with Crippen molar-refractivity contribution in [2.24, 2.45) is 0 Å². The molecule has 11 nitrogen and oxygen atoms in total. The van der Waals surface area contributed by atoms with E-state index in [1.807, 2.05) is 42.5 Å². The number of methoxy groups -OCH3 is 3. The van der Waals surface area contributed by atoms with E-state index in [1.54, 1.807) is 32.4 Å². The summed E-state index contributed by atoms with van der Waals surface area (Å²) in [5.41, 5.74) is 3.58. The van der Waals surface area contributed by atoms with Crippen molar-refractivity contribution in [2.45, 2.75) is 13.0 Å². The van der Waals surface area contributed by atoms with Gasteiger partial charge in [-0.3, -0.25) is 4.90 Å². The molecule has 4 aromatic rings. The third-order valence-corrected chi connectivity index (χ3v) is 6.52. The molecule has 0 aliphatic rings. The second-order valence-corrected chi connectivity index (χ2v) is 9.34. The van der Waals surface area contributed by atoms with Crippen LogP contribution in [0.1, 0.15) is 16.7 Å². The molecule has 1 amide bonds. The molecule has 0 fully saturated rings. The van der Waals surface area contributed by atoms with Crippen molar-refractivity contribution >= 4 is 52.1 Å². The van der Waals surface area contributed by atoms with Crippen LogP contribution in [0.3, 0.4) is 0 Å². The van der Waals surface area contributed by atoms with Crippen molar-refractivity contribution in [3.8, 4) is 11.5 Å². The van der Waals surface area contributed by atoms with Crippen LogP contribution in [0.5, 0.6) is 11.5 Å². The van der Waals surface area contributed by atoms with E-state index in [9.17, 15) is 14.7 Å². The number of nitrogens with one attached hydrogen (secondary N) is 1. The lowest BCUT2D eigenvalue weighted by Gasteiger charge is -2.22. The third kappa shape index (κ3) is 8.57. The molecule has 4 rings (SSSR count). The minimum Gasteiger partial charge on any atom is -0.495 e. The Labute approximate surface area is 254 Å². The summed E-state index contributed by atoms with van der Waals surface area (Å²) in [5, 5.41) is 22.4. The topological polar surface area (TPSA) is 143 Å². The molecule has 0 saturated heterocycles. The van der Waals surface area contributed by atoms with E-state index in [4.69, 9.17) is 30.9 Å². The number of amides is 1. The SMILES string of the molecule is COC(=O)N(C)c1cc2c(NCc3ccc(OC)c(Cl)c3)ncnc2c(CCO)c1OC.O=C(O)/C=C/c1ccccc1. The van der Waals surface area contributed by atoms with Gasteiger partial charge in [0.25, 0.3) is 0 Å². The van der Waals surface area contributed by atoms with Gasteiger partial charge >= 0.3 is 12.1 Å².